The molecule has 0 aliphatic carbocycles. The Morgan fingerprint density at radius 2 is 1.55 bits per heavy atom. The van der Waals surface area contributed by atoms with Crippen LogP contribution < -0.4 is 10.4 Å². The molecule has 0 amide bonds. The lowest BCUT2D eigenvalue weighted by molar-refractivity contribution is -0.185. The topological polar surface area (TPSA) is 92.0 Å². The van der Waals surface area contributed by atoms with Gasteiger partial charge in [-0.3, -0.25) is 0 Å². The maximum atomic E-state index is 12.7. The highest BCUT2D eigenvalue weighted by Crippen LogP contribution is 2.46. The summed E-state index contributed by atoms with van der Waals surface area (Å²) in [6, 6.07) is 6.39. The highest BCUT2D eigenvalue weighted by atomic mass is 16.6. The Kier molecular flexibility index (Phi) is 6.06. The maximum absolute atomic E-state index is 12.7. The van der Waals surface area contributed by atoms with Crippen LogP contribution >= 0.6 is 0 Å². The van der Waals surface area contributed by atoms with Crippen molar-refractivity contribution in [3.05, 3.63) is 63.5 Å². The van der Waals surface area contributed by atoms with Crippen molar-refractivity contribution >= 4 is 22.9 Å². The highest BCUT2D eigenvalue weighted by Gasteiger charge is 2.50. The van der Waals surface area contributed by atoms with E-state index in [0.29, 0.717) is 27.8 Å². The zero-order valence-electron chi connectivity index (χ0n) is 18.5. The van der Waals surface area contributed by atoms with Crippen molar-refractivity contribution in [3.63, 3.8) is 0 Å². The Labute approximate surface area is 180 Å². The fraction of sp³-hybridized carbons (Fsp3) is 0.375. The van der Waals surface area contributed by atoms with Crippen LogP contribution in [0.2, 0.25) is 0 Å². The minimum absolute atomic E-state index is 0.222. The van der Waals surface area contributed by atoms with E-state index in [-0.39, 0.29) is 5.58 Å². The molecule has 2 heterocycles. The van der Waals surface area contributed by atoms with Crippen LogP contribution in [-0.4, -0.2) is 23.6 Å². The third kappa shape index (κ3) is 4.26. The van der Waals surface area contributed by atoms with Crippen molar-refractivity contribution in [2.24, 2.45) is 0 Å². The van der Waals surface area contributed by atoms with Gasteiger partial charge in [-0.05, 0) is 59.7 Å². The second-order valence-corrected chi connectivity index (χ2v) is 7.95. The third-order valence-electron chi connectivity index (χ3n) is 5.38. The van der Waals surface area contributed by atoms with E-state index < -0.39 is 35.4 Å². The van der Waals surface area contributed by atoms with Crippen molar-refractivity contribution in [1.82, 2.24) is 0 Å². The molecule has 0 N–H and O–H groups in total. The lowest BCUT2D eigenvalue weighted by Crippen LogP contribution is -2.52. The predicted octanol–water partition coefficient (Wildman–Crippen LogP) is 4.39. The standard InChI is InChI=1S/C24H26O7/c1-7-13(3)22(26)29-20-18-16(11-9-15-10-12-17(25)28-19(15)18)31-24(5,6)21(20)30-23(27)14(4)8-2/h7-12,20-21H,1-6H3/b13-7+,14-8+/t20-,21+/m0/s1. The van der Waals surface area contributed by atoms with E-state index in [1.165, 1.54) is 6.07 Å². The summed E-state index contributed by atoms with van der Waals surface area (Å²) < 4.78 is 23.2. The molecular weight excluding hydrogens is 400 g/mol. The molecule has 0 fully saturated rings. The van der Waals surface area contributed by atoms with Gasteiger partial charge in [-0.25, -0.2) is 14.4 Å². The van der Waals surface area contributed by atoms with E-state index in [1.807, 2.05) is 0 Å². The average molecular weight is 426 g/mol. The molecule has 2 aromatic rings. The Morgan fingerprint density at radius 1 is 0.968 bits per heavy atom. The molecule has 0 radical (unpaired) electrons. The molecule has 1 aromatic carbocycles. The van der Waals surface area contributed by atoms with Gasteiger partial charge in [-0.2, -0.15) is 0 Å². The first-order valence-corrected chi connectivity index (χ1v) is 10.0. The third-order valence-corrected chi connectivity index (χ3v) is 5.38. The number of ether oxygens (including phenoxy) is 3. The Balaban J connectivity index is 2.23. The van der Waals surface area contributed by atoms with Crippen molar-refractivity contribution < 1.29 is 28.2 Å². The lowest BCUT2D eigenvalue weighted by Gasteiger charge is -2.43. The second-order valence-electron chi connectivity index (χ2n) is 7.95. The van der Waals surface area contributed by atoms with Crippen LogP contribution in [0.4, 0.5) is 0 Å². The van der Waals surface area contributed by atoms with Crippen molar-refractivity contribution in [2.45, 2.75) is 59.4 Å². The molecule has 0 unspecified atom stereocenters. The first kappa shape index (κ1) is 22.3. The first-order chi connectivity index (χ1) is 14.6. The van der Waals surface area contributed by atoms with Crippen LogP contribution in [0.1, 0.15) is 53.2 Å². The predicted molar refractivity (Wildman–Crippen MR) is 115 cm³/mol. The van der Waals surface area contributed by atoms with E-state index in [2.05, 4.69) is 0 Å². The molecular formula is C24H26O7. The maximum Gasteiger partial charge on any atom is 0.336 e. The summed E-state index contributed by atoms with van der Waals surface area (Å²) >= 11 is 0. The molecule has 7 heteroatoms. The van der Waals surface area contributed by atoms with Crippen LogP contribution in [0.3, 0.4) is 0 Å². The number of carbonyl (C=O) groups is 2. The highest BCUT2D eigenvalue weighted by molar-refractivity contribution is 5.90. The van der Waals surface area contributed by atoms with Crippen molar-refractivity contribution in [3.8, 4) is 5.75 Å². The molecule has 0 saturated carbocycles. The SMILES string of the molecule is C/C=C(\C)C(=O)O[C@@H]1[C@@H](OC(=O)/C(C)=C/C)c2c(ccc3ccc(=O)oc23)OC1(C)C. The number of benzene rings is 1. The minimum atomic E-state index is -1.05. The number of hydrogen-bond acceptors (Lipinski definition) is 7. The van der Waals surface area contributed by atoms with E-state index in [1.54, 1.807) is 71.9 Å². The molecule has 31 heavy (non-hydrogen) atoms. The van der Waals surface area contributed by atoms with Gasteiger partial charge >= 0.3 is 17.6 Å². The number of allylic oxidation sites excluding steroid dienone is 2. The zero-order chi connectivity index (χ0) is 22.9. The average Bonchev–Trinajstić information content (AvgIpc) is 2.73. The molecule has 0 bridgehead atoms. The van der Waals surface area contributed by atoms with Crippen LogP contribution in [0.25, 0.3) is 11.0 Å². The van der Waals surface area contributed by atoms with Gasteiger partial charge in [0, 0.05) is 22.6 Å². The summed E-state index contributed by atoms with van der Waals surface area (Å²) in [5, 5.41) is 0.625. The normalized spacial score (nSPS) is 20.6. The zero-order valence-corrected chi connectivity index (χ0v) is 18.5. The molecule has 164 valence electrons. The Morgan fingerprint density at radius 3 is 2.16 bits per heavy atom. The summed E-state index contributed by atoms with van der Waals surface area (Å²) in [4.78, 5) is 37.3. The molecule has 1 aromatic heterocycles. The number of rotatable bonds is 4. The quantitative estimate of drug-likeness (QED) is 0.407. The number of esters is 2. The van der Waals surface area contributed by atoms with Gasteiger partial charge in [0.05, 0.1) is 5.56 Å². The van der Waals surface area contributed by atoms with E-state index in [0.717, 1.165) is 0 Å². The van der Waals surface area contributed by atoms with E-state index >= 15 is 0 Å². The van der Waals surface area contributed by atoms with Crippen molar-refractivity contribution in [2.75, 3.05) is 0 Å². The number of hydrogen-bond donors (Lipinski definition) is 0. The molecule has 0 spiro atoms. The second kappa shape index (κ2) is 8.41. The van der Waals surface area contributed by atoms with Gasteiger partial charge in [0.25, 0.3) is 0 Å². The van der Waals surface area contributed by atoms with Crippen molar-refractivity contribution in [1.29, 1.82) is 0 Å². The van der Waals surface area contributed by atoms with Gasteiger partial charge in [-0.15, -0.1) is 0 Å². The number of carbonyl (C=O) groups excluding carboxylic acids is 2. The minimum Gasteiger partial charge on any atom is -0.483 e. The first-order valence-electron chi connectivity index (χ1n) is 10.0. The van der Waals surface area contributed by atoms with E-state index in [4.69, 9.17) is 18.6 Å². The van der Waals surface area contributed by atoms with Crippen LogP contribution in [-0.2, 0) is 19.1 Å². The monoisotopic (exact) mass is 426 g/mol. The summed E-state index contributed by atoms with van der Waals surface area (Å²) in [5.41, 5.74) is -0.224. The van der Waals surface area contributed by atoms with Crippen LogP contribution in [0, 0.1) is 0 Å². The fourth-order valence-electron chi connectivity index (χ4n) is 3.33. The molecule has 1 aliphatic heterocycles. The van der Waals surface area contributed by atoms with E-state index in [9.17, 15) is 14.4 Å². The summed E-state index contributed by atoms with van der Waals surface area (Å²) in [6.45, 7) is 10.2. The largest absolute Gasteiger partial charge is 0.483 e. The molecule has 3 rings (SSSR count). The van der Waals surface area contributed by atoms with Gasteiger partial charge < -0.3 is 18.6 Å². The summed E-state index contributed by atoms with van der Waals surface area (Å²) in [6.07, 6.45) is 1.21. The summed E-state index contributed by atoms with van der Waals surface area (Å²) in [7, 11) is 0. The van der Waals surface area contributed by atoms with Crippen LogP contribution in [0.15, 0.2) is 56.8 Å². The lowest BCUT2D eigenvalue weighted by atomic mass is 9.87. The molecule has 2 atom stereocenters. The van der Waals surface area contributed by atoms with Gasteiger partial charge in [0.2, 0.25) is 0 Å². The van der Waals surface area contributed by atoms with Gasteiger partial charge in [0.1, 0.15) is 16.9 Å². The van der Waals surface area contributed by atoms with Crippen LogP contribution in [0.5, 0.6) is 5.75 Å². The van der Waals surface area contributed by atoms with Gasteiger partial charge in [0.15, 0.2) is 12.2 Å². The Hall–Kier alpha value is -3.35. The summed E-state index contributed by atoms with van der Waals surface area (Å²) in [5.74, 6) is -0.744. The Bertz CT molecular complexity index is 1150. The molecule has 7 nitrogen and oxygen atoms in total. The molecule has 0 saturated heterocycles. The number of fused-ring (bicyclic) bond motifs is 3. The smallest absolute Gasteiger partial charge is 0.336 e. The van der Waals surface area contributed by atoms with Gasteiger partial charge in [-0.1, -0.05) is 12.2 Å². The molecule has 1 aliphatic rings. The fourth-order valence-corrected chi connectivity index (χ4v) is 3.33.